The van der Waals surface area contributed by atoms with Gasteiger partial charge in [0.05, 0.1) is 6.42 Å². The van der Waals surface area contributed by atoms with E-state index < -0.39 is 0 Å². The van der Waals surface area contributed by atoms with Gasteiger partial charge in [0.1, 0.15) is 5.78 Å². The van der Waals surface area contributed by atoms with Gasteiger partial charge in [-0.1, -0.05) is 31.2 Å². The van der Waals surface area contributed by atoms with Crippen LogP contribution in [-0.2, 0) is 22.6 Å². The van der Waals surface area contributed by atoms with Crippen molar-refractivity contribution in [3.63, 3.8) is 0 Å². The second-order valence-electron chi connectivity index (χ2n) is 3.83. The minimum Gasteiger partial charge on any atom is -0.352 e. The van der Waals surface area contributed by atoms with E-state index in [4.69, 9.17) is 0 Å². The molecule has 3 heteroatoms. The monoisotopic (exact) mass is 219 g/mol. The highest BCUT2D eigenvalue weighted by molar-refractivity contribution is 5.96. The van der Waals surface area contributed by atoms with Crippen molar-refractivity contribution in [1.29, 1.82) is 0 Å². The lowest BCUT2D eigenvalue weighted by Gasteiger charge is -2.04. The lowest BCUT2D eigenvalue weighted by Crippen LogP contribution is -2.24. The number of hydrogen-bond acceptors (Lipinski definition) is 2. The molecule has 0 aliphatic rings. The van der Waals surface area contributed by atoms with E-state index in [0.29, 0.717) is 6.54 Å². The largest absolute Gasteiger partial charge is 0.352 e. The first-order valence-corrected chi connectivity index (χ1v) is 5.45. The molecular weight excluding hydrogens is 202 g/mol. The fraction of sp³-hybridized carbons (Fsp3) is 0.385. The van der Waals surface area contributed by atoms with Gasteiger partial charge in [-0.3, -0.25) is 9.59 Å². The predicted molar refractivity (Wildman–Crippen MR) is 63.0 cm³/mol. The summed E-state index contributed by atoms with van der Waals surface area (Å²) < 4.78 is 0. The Kier molecular flexibility index (Phi) is 4.70. The summed E-state index contributed by atoms with van der Waals surface area (Å²) in [5, 5.41) is 2.71. The summed E-state index contributed by atoms with van der Waals surface area (Å²) >= 11 is 0. The third-order valence-corrected chi connectivity index (χ3v) is 2.33. The van der Waals surface area contributed by atoms with Gasteiger partial charge < -0.3 is 5.32 Å². The van der Waals surface area contributed by atoms with Gasteiger partial charge in [0.2, 0.25) is 5.91 Å². The SMILES string of the molecule is CCc1ccc(CNC(=O)CC(C)=O)cc1. The summed E-state index contributed by atoms with van der Waals surface area (Å²) in [4.78, 5) is 21.9. The van der Waals surface area contributed by atoms with E-state index in [-0.39, 0.29) is 18.1 Å². The Bertz CT molecular complexity index is 368. The molecule has 1 amide bonds. The molecule has 1 rings (SSSR count). The van der Waals surface area contributed by atoms with Crippen molar-refractivity contribution in [1.82, 2.24) is 5.32 Å². The number of amides is 1. The second kappa shape index (κ2) is 6.05. The summed E-state index contributed by atoms with van der Waals surface area (Å²) in [5.41, 5.74) is 2.33. The number of nitrogens with one attached hydrogen (secondary N) is 1. The third kappa shape index (κ3) is 4.26. The van der Waals surface area contributed by atoms with Crippen LogP contribution in [0.15, 0.2) is 24.3 Å². The topological polar surface area (TPSA) is 46.2 Å². The summed E-state index contributed by atoms with van der Waals surface area (Å²) in [6.07, 6.45) is 0.976. The van der Waals surface area contributed by atoms with Gasteiger partial charge in [-0.05, 0) is 24.5 Å². The van der Waals surface area contributed by atoms with Crippen LogP contribution < -0.4 is 5.32 Å². The second-order valence-corrected chi connectivity index (χ2v) is 3.83. The smallest absolute Gasteiger partial charge is 0.227 e. The van der Waals surface area contributed by atoms with Crippen LogP contribution in [0.3, 0.4) is 0 Å². The molecule has 0 atom stereocenters. The first-order valence-electron chi connectivity index (χ1n) is 5.45. The van der Waals surface area contributed by atoms with Crippen LogP contribution in [0.25, 0.3) is 0 Å². The Labute approximate surface area is 95.9 Å². The molecule has 0 radical (unpaired) electrons. The van der Waals surface area contributed by atoms with Gasteiger partial charge in [0, 0.05) is 6.54 Å². The molecule has 0 aromatic heterocycles. The molecule has 1 N–H and O–H groups in total. The number of hydrogen-bond donors (Lipinski definition) is 1. The van der Waals surface area contributed by atoms with E-state index in [1.807, 2.05) is 24.3 Å². The van der Waals surface area contributed by atoms with Crippen LogP contribution in [0.2, 0.25) is 0 Å². The molecule has 86 valence electrons. The van der Waals surface area contributed by atoms with E-state index in [0.717, 1.165) is 12.0 Å². The van der Waals surface area contributed by atoms with Gasteiger partial charge in [-0.2, -0.15) is 0 Å². The fourth-order valence-corrected chi connectivity index (χ4v) is 1.38. The molecule has 0 aliphatic carbocycles. The maximum atomic E-state index is 11.2. The summed E-state index contributed by atoms with van der Waals surface area (Å²) in [5.74, 6) is -0.328. The van der Waals surface area contributed by atoms with Crippen LogP contribution in [0.5, 0.6) is 0 Å². The number of aryl methyl sites for hydroxylation is 1. The van der Waals surface area contributed by atoms with Crippen LogP contribution in [0.4, 0.5) is 0 Å². The molecule has 0 fully saturated rings. The van der Waals surface area contributed by atoms with Crippen LogP contribution in [-0.4, -0.2) is 11.7 Å². The Morgan fingerprint density at radius 3 is 2.19 bits per heavy atom. The number of benzene rings is 1. The van der Waals surface area contributed by atoms with Gasteiger partial charge >= 0.3 is 0 Å². The summed E-state index contributed by atoms with van der Waals surface area (Å²) in [6.45, 7) is 4.00. The number of rotatable bonds is 5. The zero-order chi connectivity index (χ0) is 12.0. The highest BCUT2D eigenvalue weighted by Crippen LogP contribution is 2.04. The minimum atomic E-state index is -0.216. The number of carbonyl (C=O) groups is 2. The quantitative estimate of drug-likeness (QED) is 0.768. The van der Waals surface area contributed by atoms with E-state index in [1.165, 1.54) is 12.5 Å². The molecule has 0 saturated heterocycles. The van der Waals surface area contributed by atoms with Crippen molar-refractivity contribution in [2.24, 2.45) is 0 Å². The van der Waals surface area contributed by atoms with Crippen molar-refractivity contribution in [3.05, 3.63) is 35.4 Å². The van der Waals surface area contributed by atoms with Gasteiger partial charge in [-0.25, -0.2) is 0 Å². The molecule has 3 nitrogen and oxygen atoms in total. The van der Waals surface area contributed by atoms with Gasteiger partial charge in [-0.15, -0.1) is 0 Å². The maximum absolute atomic E-state index is 11.2. The number of carbonyl (C=O) groups excluding carboxylic acids is 2. The number of ketones is 1. The molecule has 0 heterocycles. The Morgan fingerprint density at radius 2 is 1.69 bits per heavy atom. The van der Waals surface area contributed by atoms with E-state index >= 15 is 0 Å². The Morgan fingerprint density at radius 1 is 1.12 bits per heavy atom. The molecule has 0 unspecified atom stereocenters. The lowest BCUT2D eigenvalue weighted by atomic mass is 10.1. The number of Topliss-reactive ketones (excluding diaryl/α,β-unsaturated/α-hetero) is 1. The average Bonchev–Trinajstić information content (AvgIpc) is 2.26. The minimum absolute atomic E-state index is 0.0347. The fourth-order valence-electron chi connectivity index (χ4n) is 1.38. The average molecular weight is 219 g/mol. The van der Waals surface area contributed by atoms with E-state index in [9.17, 15) is 9.59 Å². The van der Waals surface area contributed by atoms with Gasteiger partial charge in [0.25, 0.3) is 0 Å². The molecule has 0 bridgehead atoms. The summed E-state index contributed by atoms with van der Waals surface area (Å²) in [6, 6.07) is 8.08. The van der Waals surface area contributed by atoms with Crippen LogP contribution in [0.1, 0.15) is 31.4 Å². The lowest BCUT2D eigenvalue weighted by molar-refractivity contribution is -0.127. The normalized spacial score (nSPS) is 9.88. The maximum Gasteiger partial charge on any atom is 0.227 e. The van der Waals surface area contributed by atoms with Crippen molar-refractivity contribution >= 4 is 11.7 Å². The zero-order valence-electron chi connectivity index (χ0n) is 9.75. The van der Waals surface area contributed by atoms with E-state index in [1.54, 1.807) is 0 Å². The van der Waals surface area contributed by atoms with Crippen molar-refractivity contribution in [3.8, 4) is 0 Å². The predicted octanol–water partition coefficient (Wildman–Crippen LogP) is 1.84. The third-order valence-electron chi connectivity index (χ3n) is 2.33. The highest BCUT2D eigenvalue weighted by atomic mass is 16.2. The Hall–Kier alpha value is -1.64. The highest BCUT2D eigenvalue weighted by Gasteiger charge is 2.04. The van der Waals surface area contributed by atoms with Crippen LogP contribution >= 0.6 is 0 Å². The van der Waals surface area contributed by atoms with Crippen molar-refractivity contribution < 1.29 is 9.59 Å². The van der Waals surface area contributed by atoms with Crippen molar-refractivity contribution in [2.45, 2.75) is 33.2 Å². The van der Waals surface area contributed by atoms with E-state index in [2.05, 4.69) is 12.2 Å². The molecule has 0 saturated carbocycles. The zero-order valence-corrected chi connectivity index (χ0v) is 9.75. The Balaban J connectivity index is 2.42. The van der Waals surface area contributed by atoms with Crippen LogP contribution in [0, 0.1) is 0 Å². The molecule has 16 heavy (non-hydrogen) atoms. The molecule has 1 aromatic rings. The molecular formula is C13H17NO2. The first kappa shape index (κ1) is 12.4. The molecule has 0 spiro atoms. The summed E-state index contributed by atoms with van der Waals surface area (Å²) in [7, 11) is 0. The molecule has 0 aliphatic heterocycles. The van der Waals surface area contributed by atoms with Gasteiger partial charge in [0.15, 0.2) is 0 Å². The molecule has 1 aromatic carbocycles. The first-order chi connectivity index (χ1) is 7.61. The standard InChI is InChI=1S/C13H17NO2/c1-3-11-4-6-12(7-5-11)9-14-13(16)8-10(2)15/h4-7H,3,8-9H2,1-2H3,(H,14,16). The van der Waals surface area contributed by atoms with Crippen molar-refractivity contribution in [2.75, 3.05) is 0 Å².